The molecule has 0 radical (unpaired) electrons. The maximum Gasteiger partial charge on any atom is 0.307 e. The van der Waals surface area contributed by atoms with Gasteiger partial charge in [-0.05, 0) is 78.1 Å². The zero-order valence-corrected chi connectivity index (χ0v) is 20.6. The number of halogens is 1. The quantitative estimate of drug-likeness (QED) is 0.290. The minimum absolute atomic E-state index is 0.0588. The molecule has 0 saturated heterocycles. The smallest absolute Gasteiger partial charge is 0.307 e. The van der Waals surface area contributed by atoms with E-state index in [1.807, 2.05) is 0 Å². The Morgan fingerprint density at radius 3 is 2.42 bits per heavy atom. The highest BCUT2D eigenvalue weighted by Crippen LogP contribution is 2.38. The van der Waals surface area contributed by atoms with Gasteiger partial charge < -0.3 is 20.2 Å². The van der Waals surface area contributed by atoms with Crippen LogP contribution in [0, 0.1) is 5.82 Å². The van der Waals surface area contributed by atoms with E-state index in [-0.39, 0.29) is 29.7 Å². The van der Waals surface area contributed by atoms with Gasteiger partial charge in [0, 0.05) is 29.6 Å². The lowest BCUT2D eigenvalue weighted by Gasteiger charge is -2.29. The third-order valence-corrected chi connectivity index (χ3v) is 6.66. The minimum Gasteiger partial charge on any atom is -0.481 e. The molecule has 1 saturated carbocycles. The Labute approximate surface area is 218 Å². The van der Waals surface area contributed by atoms with Gasteiger partial charge in [-0.3, -0.25) is 14.4 Å². The molecule has 0 spiro atoms. The lowest BCUT2D eigenvalue weighted by Crippen LogP contribution is -2.40. The summed E-state index contributed by atoms with van der Waals surface area (Å²) in [6.45, 7) is 3.90. The number of benzene rings is 3. The minimum atomic E-state index is -1.04. The zero-order valence-electron chi connectivity index (χ0n) is 20.6. The van der Waals surface area contributed by atoms with E-state index in [0.29, 0.717) is 38.8 Å². The Bertz CT molecular complexity index is 1600. The summed E-state index contributed by atoms with van der Waals surface area (Å²) < 4.78 is 19.6. The van der Waals surface area contributed by atoms with Crippen molar-refractivity contribution in [2.45, 2.75) is 25.3 Å². The van der Waals surface area contributed by atoms with Crippen LogP contribution in [0.3, 0.4) is 0 Å². The number of nitrogens with one attached hydrogen (secondary N) is 2. The van der Waals surface area contributed by atoms with Gasteiger partial charge in [0.2, 0.25) is 0 Å². The van der Waals surface area contributed by atoms with E-state index in [9.17, 15) is 23.9 Å². The molecule has 1 heterocycles. The van der Waals surface area contributed by atoms with E-state index < -0.39 is 17.7 Å². The predicted molar refractivity (Wildman–Crippen MR) is 141 cm³/mol. The molecule has 5 rings (SSSR count). The summed E-state index contributed by atoms with van der Waals surface area (Å²) in [5.41, 5.74) is 4.25. The van der Waals surface area contributed by atoms with E-state index in [1.165, 1.54) is 31.3 Å². The highest BCUT2D eigenvalue weighted by molar-refractivity contribution is 6.12. The fourth-order valence-electron chi connectivity index (χ4n) is 4.75. The van der Waals surface area contributed by atoms with Crippen molar-refractivity contribution in [2.24, 2.45) is 0 Å². The van der Waals surface area contributed by atoms with Crippen molar-refractivity contribution in [3.05, 3.63) is 95.3 Å². The summed E-state index contributed by atoms with van der Waals surface area (Å²) in [5, 5.41) is 15.7. The summed E-state index contributed by atoms with van der Waals surface area (Å²) >= 11 is 0. The molecule has 3 N–H and O–H groups in total. The van der Waals surface area contributed by atoms with Gasteiger partial charge in [0.05, 0.1) is 12.0 Å². The summed E-state index contributed by atoms with van der Waals surface area (Å²) in [7, 11) is 1.49. The second-order valence-electron chi connectivity index (χ2n) is 9.38. The monoisotopic (exact) mass is 512 g/mol. The molecule has 2 amide bonds. The molecule has 1 fully saturated rings. The largest absolute Gasteiger partial charge is 0.481 e. The summed E-state index contributed by atoms with van der Waals surface area (Å²) in [6.07, 6.45) is 1.21. The number of carboxylic acid groups (broad SMARTS) is 1. The zero-order chi connectivity index (χ0) is 27.0. The lowest BCUT2D eigenvalue weighted by atomic mass is 9.87. The number of carboxylic acids is 1. The number of hydrogen-bond acceptors (Lipinski definition) is 4. The van der Waals surface area contributed by atoms with Crippen LogP contribution < -0.4 is 10.6 Å². The van der Waals surface area contributed by atoms with Gasteiger partial charge >= 0.3 is 5.97 Å². The van der Waals surface area contributed by atoms with E-state index in [0.717, 1.165) is 18.4 Å². The molecule has 0 bridgehead atoms. The third kappa shape index (κ3) is 4.80. The number of fused-ring (bicyclic) bond motifs is 1. The molecule has 0 unspecified atom stereocenters. The Hall–Kier alpha value is -4.72. The van der Waals surface area contributed by atoms with Gasteiger partial charge in [0.15, 0.2) is 0 Å². The Morgan fingerprint density at radius 2 is 1.76 bits per heavy atom. The maximum absolute atomic E-state index is 13.5. The Kier molecular flexibility index (Phi) is 6.55. The highest BCUT2D eigenvalue weighted by Gasteiger charge is 2.25. The normalized spacial score (nSPS) is 13.3. The first-order valence-electron chi connectivity index (χ1n) is 12.1. The van der Waals surface area contributed by atoms with Gasteiger partial charge in [-0.2, -0.15) is 0 Å². The van der Waals surface area contributed by atoms with Crippen LogP contribution in [0.4, 0.5) is 4.39 Å². The highest BCUT2D eigenvalue weighted by atomic mass is 19.1. The molecule has 4 aromatic rings. The third-order valence-electron chi connectivity index (χ3n) is 6.66. The van der Waals surface area contributed by atoms with E-state index in [1.54, 1.807) is 36.4 Å². The van der Waals surface area contributed by atoms with Crippen molar-refractivity contribution >= 4 is 28.8 Å². The number of amides is 2. The van der Waals surface area contributed by atoms with Crippen LogP contribution in [-0.2, 0) is 11.2 Å². The lowest BCUT2D eigenvalue weighted by molar-refractivity contribution is -0.136. The van der Waals surface area contributed by atoms with E-state index >= 15 is 0 Å². The SMILES string of the molecule is C=C1CC(NC(=O)c2cccc(-c3cc4c(C(=O)NC)c(-c5ccc(F)cc5)oc4cc3CC(=O)O)c2)C1. The Balaban J connectivity index is 1.65. The molecule has 192 valence electrons. The summed E-state index contributed by atoms with van der Waals surface area (Å²) in [4.78, 5) is 37.5. The molecule has 1 aliphatic carbocycles. The number of carbonyl (C=O) groups excluding carboxylic acids is 2. The molecular formula is C30H25FN2O5. The number of furan rings is 1. The van der Waals surface area contributed by atoms with Crippen molar-refractivity contribution < 1.29 is 28.3 Å². The molecule has 8 heteroatoms. The van der Waals surface area contributed by atoms with Gasteiger partial charge in [0.1, 0.15) is 17.2 Å². The Morgan fingerprint density at radius 1 is 1.03 bits per heavy atom. The van der Waals surface area contributed by atoms with Gasteiger partial charge in [-0.1, -0.05) is 24.3 Å². The second kappa shape index (κ2) is 9.97. The van der Waals surface area contributed by atoms with Gasteiger partial charge in [-0.15, -0.1) is 0 Å². The first kappa shape index (κ1) is 25.0. The second-order valence-corrected chi connectivity index (χ2v) is 9.38. The molecule has 1 aliphatic rings. The van der Waals surface area contributed by atoms with Crippen molar-refractivity contribution in [3.63, 3.8) is 0 Å². The van der Waals surface area contributed by atoms with Crippen LogP contribution in [0.25, 0.3) is 33.4 Å². The number of rotatable bonds is 7. The summed E-state index contributed by atoms with van der Waals surface area (Å²) in [6, 6.07) is 15.9. The van der Waals surface area contributed by atoms with Crippen LogP contribution in [-0.4, -0.2) is 36.0 Å². The molecule has 0 atom stereocenters. The van der Waals surface area contributed by atoms with Crippen LogP contribution in [0.15, 0.2) is 77.2 Å². The molecule has 3 aromatic carbocycles. The average molecular weight is 513 g/mol. The fourth-order valence-corrected chi connectivity index (χ4v) is 4.75. The summed E-state index contributed by atoms with van der Waals surface area (Å²) in [5.74, 6) is -1.86. The molecule has 38 heavy (non-hydrogen) atoms. The van der Waals surface area contributed by atoms with Crippen LogP contribution in [0.2, 0.25) is 0 Å². The maximum atomic E-state index is 13.5. The number of aliphatic carboxylic acids is 1. The van der Waals surface area contributed by atoms with E-state index in [4.69, 9.17) is 4.42 Å². The van der Waals surface area contributed by atoms with Crippen LogP contribution in [0.1, 0.15) is 39.1 Å². The number of hydrogen-bond donors (Lipinski definition) is 3. The molecule has 7 nitrogen and oxygen atoms in total. The van der Waals surface area contributed by atoms with E-state index in [2.05, 4.69) is 17.2 Å². The van der Waals surface area contributed by atoms with Gasteiger partial charge in [-0.25, -0.2) is 4.39 Å². The molecule has 1 aromatic heterocycles. The van der Waals surface area contributed by atoms with Gasteiger partial charge in [0.25, 0.3) is 11.8 Å². The van der Waals surface area contributed by atoms with Crippen molar-refractivity contribution in [2.75, 3.05) is 7.05 Å². The first-order chi connectivity index (χ1) is 18.2. The van der Waals surface area contributed by atoms with Crippen LogP contribution >= 0.6 is 0 Å². The first-order valence-corrected chi connectivity index (χ1v) is 12.1. The van der Waals surface area contributed by atoms with Crippen molar-refractivity contribution in [1.29, 1.82) is 0 Å². The standard InChI is InChI=1S/C30H25FN2O5/c1-16-10-22(11-16)33-29(36)19-5-3-4-18(12-19)23-15-24-25(13-20(23)14-26(34)35)38-28(27(24)30(37)32-2)17-6-8-21(31)9-7-17/h3-9,12-13,15,22H,1,10-11,14H2,2H3,(H,32,37)(H,33,36)(H,34,35). The fraction of sp³-hybridized carbons (Fsp3) is 0.167. The van der Waals surface area contributed by atoms with Crippen LogP contribution in [0.5, 0.6) is 0 Å². The van der Waals surface area contributed by atoms with Crippen molar-refractivity contribution in [3.8, 4) is 22.5 Å². The topological polar surface area (TPSA) is 109 Å². The van der Waals surface area contributed by atoms with Crippen molar-refractivity contribution in [1.82, 2.24) is 10.6 Å². The predicted octanol–water partition coefficient (Wildman–Crippen LogP) is 5.34. The number of carbonyl (C=O) groups is 3. The molecule has 0 aliphatic heterocycles. The average Bonchev–Trinajstić information content (AvgIpc) is 3.25. The molecular weight excluding hydrogens is 487 g/mol.